The first-order valence-electron chi connectivity index (χ1n) is 8.81. The predicted octanol–water partition coefficient (Wildman–Crippen LogP) is 2.93. The van der Waals surface area contributed by atoms with Gasteiger partial charge in [0.25, 0.3) is 17.7 Å². The third kappa shape index (κ3) is 3.95. The Hall–Kier alpha value is -3.88. The molecular weight excluding hydrogens is 398 g/mol. The van der Waals surface area contributed by atoms with Crippen molar-refractivity contribution < 1.29 is 32.7 Å². The van der Waals surface area contributed by atoms with E-state index in [2.05, 4.69) is 11.9 Å². The molecule has 1 atom stereocenters. The molecule has 0 fully saturated rings. The van der Waals surface area contributed by atoms with Gasteiger partial charge in [0.15, 0.2) is 6.10 Å². The van der Waals surface area contributed by atoms with Crippen LogP contribution in [0.25, 0.3) is 0 Å². The normalized spacial score (nSPS) is 13.6. The van der Waals surface area contributed by atoms with Gasteiger partial charge in [0.1, 0.15) is 11.6 Å². The number of esters is 1. The summed E-state index contributed by atoms with van der Waals surface area (Å²) < 4.78 is 31.9. The summed E-state index contributed by atoms with van der Waals surface area (Å²) in [7, 11) is 0. The van der Waals surface area contributed by atoms with Crippen LogP contribution in [-0.2, 0) is 9.53 Å². The SMILES string of the molecule is C=CCN1C(=O)c2ccc(C(=O)O[C@H](C)C(=O)Nc3cc(F)ccc3F)cc2C1=O. The van der Waals surface area contributed by atoms with Gasteiger partial charge in [-0.05, 0) is 37.3 Å². The third-order valence-electron chi connectivity index (χ3n) is 4.36. The van der Waals surface area contributed by atoms with Crippen molar-refractivity contribution >= 4 is 29.4 Å². The monoisotopic (exact) mass is 414 g/mol. The number of anilines is 1. The first-order chi connectivity index (χ1) is 14.2. The van der Waals surface area contributed by atoms with Crippen LogP contribution in [0.5, 0.6) is 0 Å². The number of nitrogens with one attached hydrogen (secondary N) is 1. The molecule has 3 amide bonds. The van der Waals surface area contributed by atoms with Gasteiger partial charge in [-0.25, -0.2) is 13.6 Å². The number of fused-ring (bicyclic) bond motifs is 1. The molecule has 9 heteroatoms. The van der Waals surface area contributed by atoms with Crippen LogP contribution in [0.3, 0.4) is 0 Å². The van der Waals surface area contributed by atoms with Gasteiger partial charge in [-0.2, -0.15) is 0 Å². The number of benzene rings is 2. The summed E-state index contributed by atoms with van der Waals surface area (Å²) in [6, 6.07) is 6.35. The molecule has 2 aromatic carbocycles. The number of imide groups is 1. The van der Waals surface area contributed by atoms with Crippen molar-refractivity contribution in [3.05, 3.63) is 77.4 Å². The van der Waals surface area contributed by atoms with Crippen LogP contribution in [0.2, 0.25) is 0 Å². The van der Waals surface area contributed by atoms with Crippen LogP contribution in [0.1, 0.15) is 38.0 Å². The lowest BCUT2D eigenvalue weighted by atomic mass is 10.1. The van der Waals surface area contributed by atoms with E-state index in [0.717, 1.165) is 23.1 Å². The number of hydrogen-bond donors (Lipinski definition) is 1. The molecule has 154 valence electrons. The standard InChI is InChI=1S/C21H16F2N2O5/c1-3-8-25-19(27)14-6-4-12(9-15(14)20(25)28)21(29)30-11(2)18(26)24-17-10-13(22)5-7-16(17)23/h3-7,9-11H,1,8H2,2H3,(H,24,26)/t11-/m1/s1. The fourth-order valence-corrected chi connectivity index (χ4v) is 2.82. The van der Waals surface area contributed by atoms with Crippen molar-refractivity contribution in [2.45, 2.75) is 13.0 Å². The highest BCUT2D eigenvalue weighted by molar-refractivity contribution is 6.22. The first-order valence-corrected chi connectivity index (χ1v) is 8.81. The number of amides is 3. The molecule has 30 heavy (non-hydrogen) atoms. The summed E-state index contributed by atoms with van der Waals surface area (Å²) in [4.78, 5) is 50.0. The van der Waals surface area contributed by atoms with Gasteiger partial charge >= 0.3 is 5.97 Å². The molecule has 0 radical (unpaired) electrons. The maximum absolute atomic E-state index is 13.6. The zero-order chi connectivity index (χ0) is 22.0. The van der Waals surface area contributed by atoms with Crippen molar-refractivity contribution in [1.29, 1.82) is 0 Å². The molecule has 2 aromatic rings. The van der Waals surface area contributed by atoms with Gasteiger partial charge in [-0.3, -0.25) is 19.3 Å². The Balaban J connectivity index is 1.71. The molecule has 0 bridgehead atoms. The zero-order valence-electron chi connectivity index (χ0n) is 15.8. The van der Waals surface area contributed by atoms with Gasteiger partial charge in [-0.1, -0.05) is 6.08 Å². The Bertz CT molecular complexity index is 1080. The Labute approximate surface area is 169 Å². The first kappa shape index (κ1) is 20.8. The fraction of sp³-hybridized carbons (Fsp3) is 0.143. The summed E-state index contributed by atoms with van der Waals surface area (Å²) in [5.74, 6) is -4.48. The van der Waals surface area contributed by atoms with Crippen molar-refractivity contribution in [2.24, 2.45) is 0 Å². The van der Waals surface area contributed by atoms with E-state index in [4.69, 9.17) is 4.74 Å². The molecule has 1 aliphatic heterocycles. The largest absolute Gasteiger partial charge is 0.449 e. The highest BCUT2D eigenvalue weighted by atomic mass is 19.1. The maximum atomic E-state index is 13.6. The van der Waals surface area contributed by atoms with E-state index < -0.39 is 47.1 Å². The van der Waals surface area contributed by atoms with Gasteiger partial charge in [0.2, 0.25) is 0 Å². The van der Waals surface area contributed by atoms with E-state index in [-0.39, 0.29) is 23.2 Å². The molecule has 0 aliphatic carbocycles. The van der Waals surface area contributed by atoms with Crippen molar-refractivity contribution in [3.63, 3.8) is 0 Å². The molecule has 0 saturated carbocycles. The number of rotatable bonds is 6. The molecule has 0 aromatic heterocycles. The predicted molar refractivity (Wildman–Crippen MR) is 102 cm³/mol. The summed E-state index contributed by atoms with van der Waals surface area (Å²) in [6.45, 7) is 4.76. The van der Waals surface area contributed by atoms with Crippen LogP contribution in [0, 0.1) is 11.6 Å². The molecule has 7 nitrogen and oxygen atoms in total. The summed E-state index contributed by atoms with van der Waals surface area (Å²) in [6.07, 6.45) is 0.0569. The highest BCUT2D eigenvalue weighted by Gasteiger charge is 2.35. The Morgan fingerprint density at radius 2 is 1.83 bits per heavy atom. The van der Waals surface area contributed by atoms with Gasteiger partial charge < -0.3 is 10.1 Å². The minimum atomic E-state index is -1.34. The molecule has 1 heterocycles. The van der Waals surface area contributed by atoms with Crippen molar-refractivity contribution in [2.75, 3.05) is 11.9 Å². The lowest BCUT2D eigenvalue weighted by Crippen LogP contribution is -2.30. The van der Waals surface area contributed by atoms with E-state index in [9.17, 15) is 28.0 Å². The topological polar surface area (TPSA) is 92.8 Å². The minimum absolute atomic E-state index is 0.0277. The smallest absolute Gasteiger partial charge is 0.338 e. The average molecular weight is 414 g/mol. The average Bonchev–Trinajstić information content (AvgIpc) is 2.95. The number of hydrogen-bond acceptors (Lipinski definition) is 5. The van der Waals surface area contributed by atoms with Crippen molar-refractivity contribution in [3.8, 4) is 0 Å². The van der Waals surface area contributed by atoms with Crippen LogP contribution in [0.15, 0.2) is 49.1 Å². The molecular formula is C21H16F2N2O5. The zero-order valence-corrected chi connectivity index (χ0v) is 15.8. The van der Waals surface area contributed by atoms with E-state index in [1.807, 2.05) is 0 Å². The minimum Gasteiger partial charge on any atom is -0.449 e. The third-order valence-corrected chi connectivity index (χ3v) is 4.36. The highest BCUT2D eigenvalue weighted by Crippen LogP contribution is 2.24. The van der Waals surface area contributed by atoms with Crippen LogP contribution in [0.4, 0.5) is 14.5 Å². The Kier molecular flexibility index (Phi) is 5.72. The summed E-state index contributed by atoms with van der Waals surface area (Å²) in [5.41, 5.74) is -0.264. The Morgan fingerprint density at radius 1 is 1.13 bits per heavy atom. The second kappa shape index (κ2) is 8.24. The van der Waals surface area contributed by atoms with Gasteiger partial charge in [0, 0.05) is 12.6 Å². The van der Waals surface area contributed by atoms with Crippen LogP contribution < -0.4 is 5.32 Å². The lowest BCUT2D eigenvalue weighted by Gasteiger charge is -2.14. The van der Waals surface area contributed by atoms with Gasteiger partial charge in [-0.15, -0.1) is 6.58 Å². The van der Waals surface area contributed by atoms with E-state index in [1.165, 1.54) is 31.2 Å². The number of halogens is 2. The molecule has 0 saturated heterocycles. The van der Waals surface area contributed by atoms with Crippen LogP contribution in [-0.4, -0.2) is 41.2 Å². The quantitative estimate of drug-likeness (QED) is 0.446. The van der Waals surface area contributed by atoms with E-state index in [0.29, 0.717) is 0 Å². The number of carbonyl (C=O) groups excluding carboxylic acids is 4. The summed E-state index contributed by atoms with van der Waals surface area (Å²) in [5, 5.41) is 2.14. The molecule has 0 unspecified atom stereocenters. The maximum Gasteiger partial charge on any atom is 0.338 e. The molecule has 3 rings (SSSR count). The molecule has 1 N–H and O–H groups in total. The molecule has 1 aliphatic rings. The fourth-order valence-electron chi connectivity index (χ4n) is 2.82. The number of ether oxygens (including phenoxy) is 1. The van der Waals surface area contributed by atoms with Crippen molar-refractivity contribution in [1.82, 2.24) is 4.90 Å². The van der Waals surface area contributed by atoms with Crippen LogP contribution >= 0.6 is 0 Å². The number of nitrogens with zero attached hydrogens (tertiary/aromatic N) is 1. The van der Waals surface area contributed by atoms with Gasteiger partial charge in [0.05, 0.1) is 22.4 Å². The van der Waals surface area contributed by atoms with E-state index >= 15 is 0 Å². The summed E-state index contributed by atoms with van der Waals surface area (Å²) >= 11 is 0. The lowest BCUT2D eigenvalue weighted by molar-refractivity contribution is -0.123. The second-order valence-electron chi connectivity index (χ2n) is 6.43. The molecule has 0 spiro atoms. The number of carbonyl (C=O) groups is 4. The second-order valence-corrected chi connectivity index (χ2v) is 6.43. The Morgan fingerprint density at radius 3 is 2.53 bits per heavy atom. The van der Waals surface area contributed by atoms with E-state index in [1.54, 1.807) is 0 Å².